The number of allylic oxidation sites excluding steroid dienone is 26. The summed E-state index contributed by atoms with van der Waals surface area (Å²) in [6.07, 6.45) is 87.1. The molecular formula is C79H130O16P2. The van der Waals surface area contributed by atoms with Gasteiger partial charge in [0.05, 0.1) is 26.4 Å². The third-order valence-electron chi connectivity index (χ3n) is 14.7. The predicted molar refractivity (Wildman–Crippen MR) is 399 cm³/mol. The SMILES string of the molecule is CC/C=C\C/C=C\C/C=C\C/C=C\C/C=C\C/C=C\CCCCCCC(=O)OCC(O)COP(=O)(O)OCC(O)COP(=O)(O)OCC(COC(=O)CCCCCC/C=C\C/C=C\C/C=C\C/C=C\C/C=C\C/C=C\CC)OC(=O)CCCCCCC/C=C\CCCCCCCC. The van der Waals surface area contributed by atoms with Gasteiger partial charge in [-0.3, -0.25) is 32.5 Å². The molecule has 16 nitrogen and oxygen atoms in total. The molecule has 5 atom stereocenters. The smallest absolute Gasteiger partial charge is 0.463 e. The molecule has 0 bridgehead atoms. The van der Waals surface area contributed by atoms with Gasteiger partial charge in [0.2, 0.25) is 0 Å². The molecule has 0 radical (unpaired) electrons. The molecule has 18 heteroatoms. The van der Waals surface area contributed by atoms with Crippen molar-refractivity contribution in [1.82, 2.24) is 0 Å². The lowest BCUT2D eigenvalue weighted by Gasteiger charge is -2.21. The third-order valence-corrected chi connectivity index (χ3v) is 16.6. The Bertz CT molecular complexity index is 2400. The fourth-order valence-electron chi connectivity index (χ4n) is 9.16. The number of unbranched alkanes of at least 4 members (excludes halogenated alkanes) is 19. The molecule has 0 aliphatic rings. The minimum Gasteiger partial charge on any atom is -0.463 e. The number of hydrogen-bond acceptors (Lipinski definition) is 14. The molecule has 0 spiro atoms. The number of phosphoric acid groups is 2. The molecule has 0 rings (SSSR count). The van der Waals surface area contributed by atoms with Crippen molar-refractivity contribution in [2.24, 2.45) is 0 Å². The van der Waals surface area contributed by atoms with E-state index in [1.54, 1.807) is 0 Å². The summed E-state index contributed by atoms with van der Waals surface area (Å²) in [4.78, 5) is 58.5. The first kappa shape index (κ1) is 92.2. The van der Waals surface area contributed by atoms with Crippen LogP contribution in [0, 0.1) is 0 Å². The summed E-state index contributed by atoms with van der Waals surface area (Å²) in [5, 5.41) is 20.6. The molecule has 0 aromatic heterocycles. The van der Waals surface area contributed by atoms with Crippen LogP contribution in [0.4, 0.5) is 0 Å². The zero-order valence-electron chi connectivity index (χ0n) is 59.9. The molecule has 552 valence electrons. The van der Waals surface area contributed by atoms with Crippen LogP contribution in [0.15, 0.2) is 158 Å². The average Bonchev–Trinajstić information content (AvgIpc) is 1.77. The highest BCUT2D eigenvalue weighted by Crippen LogP contribution is 2.45. The highest BCUT2D eigenvalue weighted by Gasteiger charge is 2.29. The molecular weight excluding hydrogens is 1270 g/mol. The second kappa shape index (κ2) is 71.0. The van der Waals surface area contributed by atoms with Gasteiger partial charge >= 0.3 is 33.6 Å². The summed E-state index contributed by atoms with van der Waals surface area (Å²) in [5.74, 6) is -1.65. The number of aliphatic hydroxyl groups excluding tert-OH is 2. The highest BCUT2D eigenvalue weighted by atomic mass is 31.2. The molecule has 4 N–H and O–H groups in total. The van der Waals surface area contributed by atoms with Gasteiger partial charge in [-0.2, -0.15) is 0 Å². The van der Waals surface area contributed by atoms with Crippen LogP contribution in [0.5, 0.6) is 0 Å². The number of aliphatic hydroxyl groups is 2. The Morgan fingerprint density at radius 1 is 0.299 bits per heavy atom. The van der Waals surface area contributed by atoms with Gasteiger partial charge in [-0.1, -0.05) is 256 Å². The van der Waals surface area contributed by atoms with E-state index in [0.717, 1.165) is 167 Å². The van der Waals surface area contributed by atoms with E-state index in [1.807, 2.05) is 0 Å². The van der Waals surface area contributed by atoms with Crippen LogP contribution < -0.4 is 0 Å². The Morgan fingerprint density at radius 3 is 0.876 bits per heavy atom. The Balaban J connectivity index is 4.72. The summed E-state index contributed by atoms with van der Waals surface area (Å²) in [6, 6.07) is 0. The standard InChI is InChI=1S/C79H130O16P2/c1-4-7-10-13-16-19-22-25-28-30-32-34-36-38-40-42-45-47-50-53-56-59-62-65-77(82)89-68-74(80)69-91-96(85,86)92-70-75(81)71-93-97(87,88)94-73-76(95-79(84)67-64-61-58-55-52-49-44-27-24-21-18-15-12-9-6-3)72-90-78(83)66-63-60-57-54-51-48-46-43-41-39-37-35-33-31-29-26-23-20-17-14-11-8-5-2/h7-8,10-11,16-17,19-20,25-29,32-35,38-41,44-48,74-76,80-81H,4-6,9,12-15,18,21-24,30-31,36-37,42-43,49-73H2,1-3H3,(H,85,86)(H,87,88)/b10-7-,11-8-,19-16-,20-17-,28-25-,29-26-,34-32-,35-33-,40-38-,41-39-,44-27-,47-45-,48-46-. The first-order valence-corrected chi connectivity index (χ1v) is 39.8. The summed E-state index contributed by atoms with van der Waals surface area (Å²) in [6.45, 7) is 2.35. The van der Waals surface area contributed by atoms with Crippen molar-refractivity contribution in [1.29, 1.82) is 0 Å². The second-order valence-corrected chi connectivity index (χ2v) is 26.9. The van der Waals surface area contributed by atoms with Gasteiger partial charge < -0.3 is 34.2 Å². The first-order chi connectivity index (χ1) is 47.2. The second-order valence-electron chi connectivity index (χ2n) is 24.0. The zero-order chi connectivity index (χ0) is 70.9. The van der Waals surface area contributed by atoms with Crippen LogP contribution in [-0.4, -0.2) is 95.9 Å². The summed E-state index contributed by atoms with van der Waals surface area (Å²) in [5.41, 5.74) is 0. The molecule has 0 amide bonds. The minimum absolute atomic E-state index is 0.0830. The van der Waals surface area contributed by atoms with Crippen molar-refractivity contribution in [3.8, 4) is 0 Å². The van der Waals surface area contributed by atoms with E-state index in [0.29, 0.717) is 19.3 Å². The maximum absolute atomic E-state index is 13.0. The van der Waals surface area contributed by atoms with Gasteiger partial charge in [-0.25, -0.2) is 9.13 Å². The fourth-order valence-corrected chi connectivity index (χ4v) is 10.7. The topological polar surface area (TPSA) is 231 Å². The van der Waals surface area contributed by atoms with E-state index >= 15 is 0 Å². The molecule has 0 saturated heterocycles. The van der Waals surface area contributed by atoms with Gasteiger partial charge in [0.1, 0.15) is 25.4 Å². The normalized spacial score (nSPS) is 15.0. The largest absolute Gasteiger partial charge is 0.472 e. The number of ether oxygens (including phenoxy) is 3. The molecule has 0 aromatic rings. The van der Waals surface area contributed by atoms with Crippen molar-refractivity contribution in [3.63, 3.8) is 0 Å². The number of carbonyl (C=O) groups excluding carboxylic acids is 3. The Hall–Kier alpha value is -4.83. The van der Waals surface area contributed by atoms with Crippen molar-refractivity contribution >= 4 is 33.6 Å². The van der Waals surface area contributed by atoms with Crippen LogP contribution in [0.1, 0.15) is 265 Å². The van der Waals surface area contributed by atoms with Gasteiger partial charge in [-0.15, -0.1) is 0 Å². The van der Waals surface area contributed by atoms with Crippen molar-refractivity contribution in [2.45, 2.75) is 283 Å². The number of rotatable bonds is 68. The predicted octanol–water partition coefficient (Wildman–Crippen LogP) is 21.1. The van der Waals surface area contributed by atoms with E-state index in [4.69, 9.17) is 32.3 Å². The van der Waals surface area contributed by atoms with E-state index in [9.17, 15) is 43.5 Å². The minimum atomic E-state index is -4.94. The summed E-state index contributed by atoms with van der Waals surface area (Å²) in [7, 11) is -9.81. The molecule has 5 unspecified atom stereocenters. The van der Waals surface area contributed by atoms with E-state index in [1.165, 1.54) is 38.5 Å². The number of esters is 3. The molecule has 0 aromatic carbocycles. The quantitative estimate of drug-likeness (QED) is 0.0146. The Kier molecular flexibility index (Phi) is 67.5. The van der Waals surface area contributed by atoms with Crippen molar-refractivity contribution in [2.75, 3.05) is 39.6 Å². The molecule has 0 aliphatic heterocycles. The van der Waals surface area contributed by atoms with Crippen molar-refractivity contribution < 1.29 is 75.8 Å². The van der Waals surface area contributed by atoms with Gasteiger partial charge in [-0.05, 0) is 148 Å². The average molecular weight is 1400 g/mol. The van der Waals surface area contributed by atoms with Crippen LogP contribution in [0.25, 0.3) is 0 Å². The Morgan fingerprint density at radius 2 is 0.546 bits per heavy atom. The lowest BCUT2D eigenvalue weighted by atomic mass is 10.1. The lowest BCUT2D eigenvalue weighted by molar-refractivity contribution is -0.161. The fraction of sp³-hybridized carbons (Fsp3) is 0.633. The van der Waals surface area contributed by atoms with E-state index in [2.05, 4.69) is 179 Å². The number of hydrogen-bond donors (Lipinski definition) is 4. The molecule has 0 heterocycles. The number of carbonyl (C=O) groups is 3. The molecule has 0 fully saturated rings. The molecule has 97 heavy (non-hydrogen) atoms. The van der Waals surface area contributed by atoms with Crippen LogP contribution in [0.3, 0.4) is 0 Å². The van der Waals surface area contributed by atoms with E-state index < -0.39 is 91.5 Å². The zero-order valence-corrected chi connectivity index (χ0v) is 61.7. The number of phosphoric ester groups is 2. The van der Waals surface area contributed by atoms with Gasteiger partial charge in [0.25, 0.3) is 0 Å². The summed E-state index contributed by atoms with van der Waals surface area (Å²) < 4.78 is 61.0. The van der Waals surface area contributed by atoms with E-state index in [-0.39, 0.29) is 19.3 Å². The highest BCUT2D eigenvalue weighted by molar-refractivity contribution is 7.47. The molecule has 0 saturated carbocycles. The maximum Gasteiger partial charge on any atom is 0.472 e. The Labute approximate surface area is 587 Å². The summed E-state index contributed by atoms with van der Waals surface area (Å²) >= 11 is 0. The van der Waals surface area contributed by atoms with Crippen LogP contribution in [-0.2, 0) is 55.8 Å². The first-order valence-electron chi connectivity index (χ1n) is 36.8. The van der Waals surface area contributed by atoms with Crippen LogP contribution >= 0.6 is 15.6 Å². The van der Waals surface area contributed by atoms with Gasteiger partial charge in [0, 0.05) is 19.3 Å². The van der Waals surface area contributed by atoms with Crippen LogP contribution in [0.2, 0.25) is 0 Å². The lowest BCUT2D eigenvalue weighted by Crippen LogP contribution is -2.30. The van der Waals surface area contributed by atoms with Crippen molar-refractivity contribution in [3.05, 3.63) is 158 Å². The monoisotopic (exact) mass is 1400 g/mol. The maximum atomic E-state index is 13.0. The third kappa shape index (κ3) is 72.2. The van der Waals surface area contributed by atoms with Gasteiger partial charge in [0.15, 0.2) is 6.10 Å². The molecule has 0 aliphatic carbocycles.